The quantitative estimate of drug-likeness (QED) is 0.728. The molecule has 15 heavy (non-hydrogen) atoms. The lowest BCUT2D eigenvalue weighted by atomic mass is 9.89. The monoisotopic (exact) mass is 212 g/mol. The van der Waals surface area contributed by atoms with Crippen LogP contribution in [-0.2, 0) is 0 Å². The summed E-state index contributed by atoms with van der Waals surface area (Å²) in [5.74, 6) is 0.738. The summed E-state index contributed by atoms with van der Waals surface area (Å²) in [6.07, 6.45) is 4.24. The van der Waals surface area contributed by atoms with Gasteiger partial charge in [-0.25, -0.2) is 0 Å². The summed E-state index contributed by atoms with van der Waals surface area (Å²) in [7, 11) is 2.30. The highest BCUT2D eigenvalue weighted by Gasteiger charge is 2.28. The molecule has 1 rings (SSSR count). The molecule has 1 N–H and O–H groups in total. The molecule has 1 saturated carbocycles. The minimum atomic E-state index is 0.598. The van der Waals surface area contributed by atoms with E-state index in [1.165, 1.54) is 19.3 Å². The van der Waals surface area contributed by atoms with Gasteiger partial charge in [0.2, 0.25) is 0 Å². The van der Waals surface area contributed by atoms with Crippen molar-refractivity contribution >= 4 is 0 Å². The van der Waals surface area contributed by atoms with Gasteiger partial charge >= 0.3 is 0 Å². The Balaban J connectivity index is 2.40. The van der Waals surface area contributed by atoms with Crippen LogP contribution in [0.3, 0.4) is 0 Å². The summed E-state index contributed by atoms with van der Waals surface area (Å²) < 4.78 is 0. The molecule has 1 fully saturated rings. The first kappa shape index (κ1) is 13.0. The maximum Gasteiger partial charge on any atom is 0.0243 e. The molecule has 2 heteroatoms. The molecule has 0 aromatic carbocycles. The third-order valence-electron chi connectivity index (χ3n) is 3.68. The highest BCUT2D eigenvalue weighted by Crippen LogP contribution is 2.26. The molecule has 2 nitrogen and oxygen atoms in total. The van der Waals surface area contributed by atoms with Gasteiger partial charge in [-0.3, -0.25) is 4.90 Å². The van der Waals surface area contributed by atoms with Crippen LogP contribution in [0.4, 0.5) is 0 Å². The highest BCUT2D eigenvalue weighted by molar-refractivity contribution is 4.85. The second-order valence-electron chi connectivity index (χ2n) is 5.62. The van der Waals surface area contributed by atoms with E-state index in [-0.39, 0.29) is 0 Å². The first-order valence-electron chi connectivity index (χ1n) is 6.47. The van der Waals surface area contributed by atoms with Crippen LogP contribution < -0.4 is 5.32 Å². The molecule has 0 bridgehead atoms. The van der Waals surface area contributed by atoms with Gasteiger partial charge in [-0.15, -0.1) is 0 Å². The van der Waals surface area contributed by atoms with Crippen molar-refractivity contribution in [3.8, 4) is 0 Å². The number of likely N-dealkylation sites (N-methyl/N-ethyl adjacent to an activating group) is 1. The van der Waals surface area contributed by atoms with Crippen molar-refractivity contribution < 1.29 is 0 Å². The molecule has 1 aliphatic carbocycles. The van der Waals surface area contributed by atoms with Crippen molar-refractivity contribution in [2.45, 2.75) is 65.1 Å². The SMILES string of the molecule is CC(C)NCC(C(C)C)N(C)C1CCC1. The van der Waals surface area contributed by atoms with Crippen LogP contribution in [-0.4, -0.2) is 36.6 Å². The van der Waals surface area contributed by atoms with Crippen LogP contribution in [0.5, 0.6) is 0 Å². The number of nitrogens with zero attached hydrogens (tertiary/aromatic N) is 1. The van der Waals surface area contributed by atoms with E-state index in [2.05, 4.69) is 45.0 Å². The Morgan fingerprint density at radius 2 is 1.80 bits per heavy atom. The molecule has 0 heterocycles. The van der Waals surface area contributed by atoms with Crippen molar-refractivity contribution in [2.75, 3.05) is 13.6 Å². The van der Waals surface area contributed by atoms with Crippen molar-refractivity contribution in [2.24, 2.45) is 5.92 Å². The normalized spacial score (nSPS) is 20.0. The first-order chi connectivity index (χ1) is 7.02. The van der Waals surface area contributed by atoms with Crippen LogP contribution in [0, 0.1) is 5.92 Å². The van der Waals surface area contributed by atoms with E-state index in [1.54, 1.807) is 0 Å². The summed E-state index contributed by atoms with van der Waals surface area (Å²) >= 11 is 0. The molecule has 0 amide bonds. The summed E-state index contributed by atoms with van der Waals surface area (Å²) in [5.41, 5.74) is 0. The van der Waals surface area contributed by atoms with Gasteiger partial charge in [0.05, 0.1) is 0 Å². The van der Waals surface area contributed by atoms with Crippen LogP contribution in [0.1, 0.15) is 47.0 Å². The molecule has 0 saturated heterocycles. The minimum Gasteiger partial charge on any atom is -0.313 e. The third kappa shape index (κ3) is 3.76. The average Bonchev–Trinajstić information content (AvgIpc) is 1.99. The Hall–Kier alpha value is -0.0800. The zero-order valence-electron chi connectivity index (χ0n) is 11.1. The van der Waals surface area contributed by atoms with Crippen LogP contribution in [0.2, 0.25) is 0 Å². The lowest BCUT2D eigenvalue weighted by molar-refractivity contribution is 0.0828. The minimum absolute atomic E-state index is 0.598. The van der Waals surface area contributed by atoms with Crippen molar-refractivity contribution in [1.82, 2.24) is 10.2 Å². The number of hydrogen-bond donors (Lipinski definition) is 1. The molecule has 1 aliphatic rings. The van der Waals surface area contributed by atoms with Gasteiger partial charge in [0.1, 0.15) is 0 Å². The van der Waals surface area contributed by atoms with Crippen LogP contribution >= 0.6 is 0 Å². The predicted molar refractivity (Wildman–Crippen MR) is 67.2 cm³/mol. The fourth-order valence-corrected chi connectivity index (χ4v) is 2.27. The second-order valence-corrected chi connectivity index (χ2v) is 5.62. The van der Waals surface area contributed by atoms with E-state index in [0.29, 0.717) is 12.1 Å². The van der Waals surface area contributed by atoms with E-state index in [0.717, 1.165) is 18.5 Å². The first-order valence-corrected chi connectivity index (χ1v) is 6.47. The lowest BCUT2D eigenvalue weighted by Gasteiger charge is -2.42. The topological polar surface area (TPSA) is 15.3 Å². The molecule has 0 aromatic heterocycles. The Kier molecular flexibility index (Phi) is 5.07. The largest absolute Gasteiger partial charge is 0.313 e. The summed E-state index contributed by atoms with van der Waals surface area (Å²) in [4.78, 5) is 2.60. The maximum atomic E-state index is 3.57. The fourth-order valence-electron chi connectivity index (χ4n) is 2.27. The molecule has 0 aliphatic heterocycles. The molecular formula is C13H28N2. The van der Waals surface area contributed by atoms with Gasteiger partial charge in [0.25, 0.3) is 0 Å². The number of hydrogen-bond acceptors (Lipinski definition) is 2. The van der Waals surface area contributed by atoms with E-state index in [9.17, 15) is 0 Å². The van der Waals surface area contributed by atoms with E-state index < -0.39 is 0 Å². The Labute approximate surface area is 95.4 Å². The van der Waals surface area contributed by atoms with E-state index >= 15 is 0 Å². The van der Waals surface area contributed by atoms with Gasteiger partial charge in [0.15, 0.2) is 0 Å². The fraction of sp³-hybridized carbons (Fsp3) is 1.00. The summed E-state index contributed by atoms with van der Waals surface area (Å²) in [5, 5.41) is 3.57. The van der Waals surface area contributed by atoms with E-state index in [1.807, 2.05) is 0 Å². The molecule has 0 spiro atoms. The van der Waals surface area contributed by atoms with Gasteiger partial charge < -0.3 is 5.32 Å². The second kappa shape index (κ2) is 5.86. The van der Waals surface area contributed by atoms with Crippen LogP contribution in [0.25, 0.3) is 0 Å². The number of rotatable bonds is 6. The maximum absolute atomic E-state index is 3.57. The van der Waals surface area contributed by atoms with Gasteiger partial charge in [-0.2, -0.15) is 0 Å². The van der Waals surface area contributed by atoms with Gasteiger partial charge in [0, 0.05) is 24.7 Å². The molecule has 90 valence electrons. The van der Waals surface area contributed by atoms with Crippen molar-refractivity contribution in [3.05, 3.63) is 0 Å². The molecule has 1 unspecified atom stereocenters. The van der Waals surface area contributed by atoms with Gasteiger partial charge in [-0.05, 0) is 25.8 Å². The predicted octanol–water partition coefficient (Wildman–Crippen LogP) is 2.49. The standard InChI is InChI=1S/C13H28N2/c1-10(2)13(9-14-11(3)4)15(5)12-7-6-8-12/h10-14H,6-9H2,1-5H3. The highest BCUT2D eigenvalue weighted by atomic mass is 15.2. The summed E-state index contributed by atoms with van der Waals surface area (Å²) in [6, 6.07) is 2.14. The van der Waals surface area contributed by atoms with E-state index in [4.69, 9.17) is 0 Å². The molecule has 0 radical (unpaired) electrons. The molecule has 1 atom stereocenters. The Bertz CT molecular complexity index is 173. The zero-order valence-corrected chi connectivity index (χ0v) is 11.1. The Morgan fingerprint density at radius 3 is 2.13 bits per heavy atom. The summed E-state index contributed by atoms with van der Waals surface area (Å²) in [6.45, 7) is 10.2. The molecule has 0 aromatic rings. The lowest BCUT2D eigenvalue weighted by Crippen LogP contribution is -2.51. The third-order valence-corrected chi connectivity index (χ3v) is 3.68. The number of nitrogens with one attached hydrogen (secondary N) is 1. The average molecular weight is 212 g/mol. The molecular weight excluding hydrogens is 184 g/mol. The smallest absolute Gasteiger partial charge is 0.0243 e. The van der Waals surface area contributed by atoms with Crippen molar-refractivity contribution in [1.29, 1.82) is 0 Å². The Morgan fingerprint density at radius 1 is 1.20 bits per heavy atom. The van der Waals surface area contributed by atoms with Gasteiger partial charge in [-0.1, -0.05) is 34.1 Å². The zero-order chi connectivity index (χ0) is 11.4. The van der Waals surface area contributed by atoms with Crippen molar-refractivity contribution in [3.63, 3.8) is 0 Å². The van der Waals surface area contributed by atoms with Crippen LogP contribution in [0.15, 0.2) is 0 Å².